The summed E-state index contributed by atoms with van der Waals surface area (Å²) in [6.45, 7) is 2.03. The standard InChI is InChI=1S/C22H24N4O2/c1-14(19-12-16-5-3-4-6-18(16)24-19)26(2)21(28)10-7-15-11-17-8-9-20(27)25-22(17)23-13-15/h3-6,11-14,24H,7-10H2,1-2H3,(H,23,25,27). The van der Waals surface area contributed by atoms with Gasteiger partial charge in [-0.25, -0.2) is 4.98 Å². The maximum atomic E-state index is 12.7. The number of para-hydroxylation sites is 1. The van der Waals surface area contributed by atoms with Gasteiger partial charge in [0, 0.05) is 37.3 Å². The van der Waals surface area contributed by atoms with E-state index in [0.29, 0.717) is 31.5 Å². The Balaban J connectivity index is 1.39. The second-order valence-electron chi connectivity index (χ2n) is 7.39. The molecule has 6 nitrogen and oxygen atoms in total. The second kappa shape index (κ2) is 7.46. The van der Waals surface area contributed by atoms with Gasteiger partial charge in [0.1, 0.15) is 5.82 Å². The lowest BCUT2D eigenvalue weighted by Gasteiger charge is -2.24. The van der Waals surface area contributed by atoms with E-state index in [1.165, 1.54) is 0 Å². The molecule has 144 valence electrons. The molecule has 0 bridgehead atoms. The lowest BCUT2D eigenvalue weighted by atomic mass is 10.0. The minimum atomic E-state index is -0.0308. The van der Waals surface area contributed by atoms with Crippen LogP contribution in [-0.2, 0) is 22.4 Å². The number of H-pyrrole nitrogens is 1. The van der Waals surface area contributed by atoms with Crippen molar-refractivity contribution in [3.8, 4) is 0 Å². The van der Waals surface area contributed by atoms with Crippen LogP contribution in [0.15, 0.2) is 42.6 Å². The third kappa shape index (κ3) is 3.63. The minimum absolute atomic E-state index is 0.00974. The average molecular weight is 376 g/mol. The summed E-state index contributed by atoms with van der Waals surface area (Å²) < 4.78 is 0. The molecule has 3 heterocycles. The highest BCUT2D eigenvalue weighted by Gasteiger charge is 2.20. The Kier molecular flexibility index (Phi) is 4.86. The van der Waals surface area contributed by atoms with Crippen LogP contribution in [0.1, 0.15) is 42.6 Å². The summed E-state index contributed by atoms with van der Waals surface area (Å²) in [5.41, 5.74) is 4.18. The van der Waals surface area contributed by atoms with E-state index in [1.807, 2.05) is 32.2 Å². The lowest BCUT2D eigenvalue weighted by molar-refractivity contribution is -0.131. The number of carbonyl (C=O) groups excluding carboxylic acids is 2. The van der Waals surface area contributed by atoms with Crippen molar-refractivity contribution in [2.75, 3.05) is 12.4 Å². The van der Waals surface area contributed by atoms with Crippen LogP contribution >= 0.6 is 0 Å². The quantitative estimate of drug-likeness (QED) is 0.714. The zero-order valence-electron chi connectivity index (χ0n) is 16.2. The predicted octanol–water partition coefficient (Wildman–Crippen LogP) is 3.60. The van der Waals surface area contributed by atoms with E-state index in [1.54, 1.807) is 11.1 Å². The van der Waals surface area contributed by atoms with Crippen LogP contribution in [0.5, 0.6) is 0 Å². The molecule has 6 heteroatoms. The van der Waals surface area contributed by atoms with Crippen molar-refractivity contribution in [3.63, 3.8) is 0 Å². The highest BCUT2D eigenvalue weighted by molar-refractivity contribution is 5.92. The van der Waals surface area contributed by atoms with Gasteiger partial charge in [0.05, 0.1) is 6.04 Å². The molecule has 1 unspecified atom stereocenters. The molecule has 1 aromatic carbocycles. The molecular weight excluding hydrogens is 352 g/mol. The Bertz CT molecular complexity index is 1010. The molecule has 1 atom stereocenters. The molecule has 0 radical (unpaired) electrons. The third-order valence-corrected chi connectivity index (χ3v) is 5.51. The number of fused-ring (bicyclic) bond motifs is 2. The fourth-order valence-corrected chi connectivity index (χ4v) is 3.62. The summed E-state index contributed by atoms with van der Waals surface area (Å²) in [4.78, 5) is 33.7. The summed E-state index contributed by atoms with van der Waals surface area (Å²) in [6.07, 6.45) is 4.00. The number of hydrogen-bond acceptors (Lipinski definition) is 3. The monoisotopic (exact) mass is 376 g/mol. The molecule has 1 aliphatic heterocycles. The van der Waals surface area contributed by atoms with Crippen LogP contribution in [0.3, 0.4) is 0 Å². The second-order valence-corrected chi connectivity index (χ2v) is 7.39. The van der Waals surface area contributed by atoms with E-state index in [2.05, 4.69) is 33.5 Å². The number of anilines is 1. The normalized spacial score (nSPS) is 14.4. The predicted molar refractivity (Wildman–Crippen MR) is 109 cm³/mol. The minimum Gasteiger partial charge on any atom is -0.357 e. The smallest absolute Gasteiger partial charge is 0.225 e. The first-order chi connectivity index (χ1) is 13.5. The van der Waals surface area contributed by atoms with Gasteiger partial charge in [-0.05, 0) is 48.4 Å². The maximum Gasteiger partial charge on any atom is 0.225 e. The molecule has 0 fully saturated rings. The highest BCUT2D eigenvalue weighted by Crippen LogP contribution is 2.25. The van der Waals surface area contributed by atoms with Crippen molar-refractivity contribution in [1.29, 1.82) is 0 Å². The van der Waals surface area contributed by atoms with E-state index in [9.17, 15) is 9.59 Å². The number of rotatable bonds is 5. The summed E-state index contributed by atoms with van der Waals surface area (Å²) in [5.74, 6) is 0.753. The number of nitrogens with zero attached hydrogens (tertiary/aromatic N) is 2. The number of hydrogen-bond donors (Lipinski definition) is 2. The lowest BCUT2D eigenvalue weighted by Crippen LogP contribution is -2.30. The summed E-state index contributed by atoms with van der Waals surface area (Å²) in [6, 6.07) is 12.2. The van der Waals surface area contributed by atoms with Crippen LogP contribution < -0.4 is 5.32 Å². The van der Waals surface area contributed by atoms with Gasteiger partial charge in [0.25, 0.3) is 0 Å². The van der Waals surface area contributed by atoms with Gasteiger partial charge in [-0.15, -0.1) is 0 Å². The van der Waals surface area contributed by atoms with Gasteiger partial charge in [0.15, 0.2) is 0 Å². The molecule has 0 aliphatic carbocycles. The van der Waals surface area contributed by atoms with Crippen LogP contribution in [0.2, 0.25) is 0 Å². The molecule has 1 aliphatic rings. The first kappa shape index (κ1) is 18.2. The molecule has 0 saturated carbocycles. The van der Waals surface area contributed by atoms with Crippen molar-refractivity contribution in [2.45, 2.75) is 38.6 Å². The Morgan fingerprint density at radius 2 is 2.07 bits per heavy atom. The molecular formula is C22H24N4O2. The van der Waals surface area contributed by atoms with E-state index in [4.69, 9.17) is 0 Å². The molecule has 0 spiro atoms. The first-order valence-electron chi connectivity index (χ1n) is 9.62. The van der Waals surface area contributed by atoms with Crippen LogP contribution in [0.4, 0.5) is 5.82 Å². The number of amides is 2. The van der Waals surface area contributed by atoms with E-state index < -0.39 is 0 Å². The van der Waals surface area contributed by atoms with Crippen LogP contribution in [0, 0.1) is 0 Å². The van der Waals surface area contributed by atoms with Gasteiger partial charge in [-0.1, -0.05) is 24.3 Å². The zero-order chi connectivity index (χ0) is 19.7. The summed E-state index contributed by atoms with van der Waals surface area (Å²) in [7, 11) is 1.85. The zero-order valence-corrected chi connectivity index (χ0v) is 16.2. The number of benzene rings is 1. The first-order valence-corrected chi connectivity index (χ1v) is 9.62. The van der Waals surface area contributed by atoms with E-state index in [0.717, 1.165) is 27.7 Å². The number of nitrogens with one attached hydrogen (secondary N) is 2. The molecule has 2 N–H and O–H groups in total. The number of aromatic nitrogens is 2. The van der Waals surface area contributed by atoms with Gasteiger partial charge in [0.2, 0.25) is 11.8 Å². The molecule has 2 aromatic heterocycles. The molecule has 2 amide bonds. The van der Waals surface area contributed by atoms with Gasteiger partial charge < -0.3 is 15.2 Å². The maximum absolute atomic E-state index is 12.7. The largest absolute Gasteiger partial charge is 0.357 e. The van der Waals surface area contributed by atoms with E-state index in [-0.39, 0.29) is 17.9 Å². The fourth-order valence-electron chi connectivity index (χ4n) is 3.62. The third-order valence-electron chi connectivity index (χ3n) is 5.51. The highest BCUT2D eigenvalue weighted by atomic mass is 16.2. The number of pyridine rings is 1. The number of carbonyl (C=O) groups is 2. The van der Waals surface area contributed by atoms with Gasteiger partial charge >= 0.3 is 0 Å². The SMILES string of the molecule is CC(c1cc2ccccc2[nH]1)N(C)C(=O)CCc1cnc2c(c1)CCC(=O)N2. The Labute approximate surface area is 164 Å². The number of aromatic amines is 1. The Morgan fingerprint density at radius 3 is 2.89 bits per heavy atom. The van der Waals surface area contributed by atoms with Crippen molar-refractivity contribution in [1.82, 2.24) is 14.9 Å². The summed E-state index contributed by atoms with van der Waals surface area (Å²) >= 11 is 0. The van der Waals surface area contributed by atoms with E-state index >= 15 is 0 Å². The Hall–Kier alpha value is -3.15. The van der Waals surface area contributed by atoms with Gasteiger partial charge in [-0.2, -0.15) is 0 Å². The van der Waals surface area contributed by atoms with Crippen molar-refractivity contribution in [3.05, 3.63) is 59.4 Å². The molecule has 28 heavy (non-hydrogen) atoms. The van der Waals surface area contributed by atoms with Crippen molar-refractivity contribution in [2.24, 2.45) is 0 Å². The van der Waals surface area contributed by atoms with Crippen molar-refractivity contribution < 1.29 is 9.59 Å². The molecule has 3 aromatic rings. The number of aryl methyl sites for hydroxylation is 2. The van der Waals surface area contributed by atoms with Crippen LogP contribution in [0.25, 0.3) is 10.9 Å². The molecule has 0 saturated heterocycles. The van der Waals surface area contributed by atoms with Gasteiger partial charge in [-0.3, -0.25) is 9.59 Å². The summed E-state index contributed by atoms with van der Waals surface area (Å²) in [5, 5.41) is 3.94. The Morgan fingerprint density at radius 1 is 1.25 bits per heavy atom. The van der Waals surface area contributed by atoms with Crippen molar-refractivity contribution >= 4 is 28.5 Å². The topological polar surface area (TPSA) is 78.1 Å². The van der Waals surface area contributed by atoms with Crippen LogP contribution in [-0.4, -0.2) is 33.7 Å². The molecule has 4 rings (SSSR count). The average Bonchev–Trinajstić information content (AvgIpc) is 3.15. The fraction of sp³-hybridized carbons (Fsp3) is 0.318.